The maximum absolute atomic E-state index is 10.9. The van der Waals surface area contributed by atoms with Crippen LogP contribution in [0.3, 0.4) is 0 Å². The number of carbonyl (C=O) groups excluding carboxylic acids is 1. The fraction of sp³-hybridized carbons (Fsp3) is 0.900. The molecule has 2 nitrogen and oxygen atoms in total. The van der Waals surface area contributed by atoms with Crippen LogP contribution in [0.1, 0.15) is 32.6 Å². The van der Waals surface area contributed by atoms with E-state index in [1.165, 1.54) is 32.1 Å². The summed E-state index contributed by atoms with van der Waals surface area (Å²) in [4.78, 5) is 10.9. The Morgan fingerprint density at radius 1 is 1.62 bits per heavy atom. The zero-order valence-electron chi connectivity index (χ0n) is 8.41. The van der Waals surface area contributed by atoms with Gasteiger partial charge in [0, 0.05) is 5.25 Å². The fourth-order valence-corrected chi connectivity index (χ4v) is 2.35. The standard InChI is InChI=1S/C10H18O2S/c1-8(7-10(11)12-2)13-6-5-9-3-4-9/h8-9H,3-7H2,1-2H3. The lowest BCUT2D eigenvalue weighted by atomic mass is 10.3. The molecular formula is C10H18O2S. The molecule has 0 aromatic carbocycles. The molecule has 0 aliphatic heterocycles. The maximum Gasteiger partial charge on any atom is 0.306 e. The van der Waals surface area contributed by atoms with Gasteiger partial charge in [-0.05, 0) is 18.1 Å². The highest BCUT2D eigenvalue weighted by Gasteiger charge is 2.21. The van der Waals surface area contributed by atoms with Crippen molar-refractivity contribution >= 4 is 17.7 Å². The zero-order chi connectivity index (χ0) is 9.68. The van der Waals surface area contributed by atoms with Gasteiger partial charge in [-0.2, -0.15) is 11.8 Å². The van der Waals surface area contributed by atoms with Gasteiger partial charge in [0.15, 0.2) is 0 Å². The Morgan fingerprint density at radius 2 is 2.31 bits per heavy atom. The van der Waals surface area contributed by atoms with Crippen molar-refractivity contribution in [3.8, 4) is 0 Å². The Morgan fingerprint density at radius 3 is 2.85 bits per heavy atom. The summed E-state index contributed by atoms with van der Waals surface area (Å²) in [5.74, 6) is 2.10. The molecule has 0 heterocycles. The van der Waals surface area contributed by atoms with Gasteiger partial charge in [0.1, 0.15) is 0 Å². The molecule has 13 heavy (non-hydrogen) atoms. The molecule has 1 rings (SSSR count). The smallest absolute Gasteiger partial charge is 0.306 e. The van der Waals surface area contributed by atoms with Crippen LogP contribution in [0.2, 0.25) is 0 Å². The quantitative estimate of drug-likeness (QED) is 0.619. The van der Waals surface area contributed by atoms with Gasteiger partial charge in [-0.25, -0.2) is 0 Å². The molecule has 0 saturated heterocycles. The van der Waals surface area contributed by atoms with Crippen molar-refractivity contribution < 1.29 is 9.53 Å². The molecule has 0 amide bonds. The first kappa shape index (κ1) is 10.9. The van der Waals surface area contributed by atoms with Crippen molar-refractivity contribution in [2.24, 2.45) is 5.92 Å². The summed E-state index contributed by atoms with van der Waals surface area (Å²) in [5.41, 5.74) is 0. The lowest BCUT2D eigenvalue weighted by molar-refractivity contribution is -0.140. The number of hydrogen-bond donors (Lipinski definition) is 0. The first-order valence-corrected chi connectivity index (χ1v) is 5.95. The van der Waals surface area contributed by atoms with Crippen molar-refractivity contribution in [2.45, 2.75) is 37.9 Å². The van der Waals surface area contributed by atoms with Crippen LogP contribution >= 0.6 is 11.8 Å². The number of esters is 1. The van der Waals surface area contributed by atoms with Crippen molar-refractivity contribution in [1.82, 2.24) is 0 Å². The molecule has 3 heteroatoms. The molecule has 0 N–H and O–H groups in total. The average molecular weight is 202 g/mol. The SMILES string of the molecule is COC(=O)CC(C)SCCC1CC1. The predicted molar refractivity (Wildman–Crippen MR) is 55.9 cm³/mol. The Balaban J connectivity index is 1.95. The highest BCUT2D eigenvalue weighted by atomic mass is 32.2. The molecule has 0 radical (unpaired) electrons. The lowest BCUT2D eigenvalue weighted by Crippen LogP contribution is -2.09. The summed E-state index contributed by atoms with van der Waals surface area (Å²) in [5, 5.41) is 0.409. The summed E-state index contributed by atoms with van der Waals surface area (Å²) < 4.78 is 4.61. The van der Waals surface area contributed by atoms with E-state index in [-0.39, 0.29) is 5.97 Å². The van der Waals surface area contributed by atoms with E-state index in [1.807, 2.05) is 11.8 Å². The number of hydrogen-bond acceptors (Lipinski definition) is 3. The number of methoxy groups -OCH3 is 1. The van der Waals surface area contributed by atoms with E-state index in [0.717, 1.165) is 5.92 Å². The number of ether oxygens (including phenoxy) is 1. The third-order valence-corrected chi connectivity index (χ3v) is 3.51. The molecule has 1 atom stereocenters. The number of thioether (sulfide) groups is 1. The van der Waals surface area contributed by atoms with Crippen LogP contribution in [-0.2, 0) is 9.53 Å². The second-order valence-corrected chi connectivity index (χ2v) is 5.24. The minimum Gasteiger partial charge on any atom is -0.469 e. The van der Waals surface area contributed by atoms with Crippen LogP contribution in [0.25, 0.3) is 0 Å². The van der Waals surface area contributed by atoms with E-state index in [2.05, 4.69) is 11.7 Å². The van der Waals surface area contributed by atoms with E-state index in [4.69, 9.17) is 0 Å². The van der Waals surface area contributed by atoms with Crippen LogP contribution in [-0.4, -0.2) is 24.1 Å². The third-order valence-electron chi connectivity index (χ3n) is 2.31. The monoisotopic (exact) mass is 202 g/mol. The van der Waals surface area contributed by atoms with Crippen LogP contribution in [0.15, 0.2) is 0 Å². The Hall–Kier alpha value is -0.180. The van der Waals surface area contributed by atoms with E-state index in [9.17, 15) is 4.79 Å². The minimum atomic E-state index is -0.0913. The maximum atomic E-state index is 10.9. The van der Waals surface area contributed by atoms with E-state index >= 15 is 0 Å². The van der Waals surface area contributed by atoms with Gasteiger partial charge in [-0.1, -0.05) is 19.8 Å². The fourth-order valence-electron chi connectivity index (χ4n) is 1.22. The molecular weight excluding hydrogens is 184 g/mol. The summed E-state index contributed by atoms with van der Waals surface area (Å²) >= 11 is 1.89. The van der Waals surface area contributed by atoms with Crippen molar-refractivity contribution in [2.75, 3.05) is 12.9 Å². The first-order valence-electron chi connectivity index (χ1n) is 4.90. The lowest BCUT2D eigenvalue weighted by Gasteiger charge is -2.08. The zero-order valence-corrected chi connectivity index (χ0v) is 9.23. The van der Waals surface area contributed by atoms with Gasteiger partial charge < -0.3 is 4.74 Å². The van der Waals surface area contributed by atoms with Crippen molar-refractivity contribution in [3.05, 3.63) is 0 Å². The summed E-state index contributed by atoms with van der Waals surface area (Å²) in [7, 11) is 1.45. The molecule has 0 bridgehead atoms. The minimum absolute atomic E-state index is 0.0913. The van der Waals surface area contributed by atoms with E-state index in [1.54, 1.807) is 0 Å². The first-order chi connectivity index (χ1) is 6.22. The molecule has 0 aromatic heterocycles. The molecule has 1 unspecified atom stereocenters. The van der Waals surface area contributed by atoms with Gasteiger partial charge >= 0.3 is 5.97 Å². The van der Waals surface area contributed by atoms with E-state index in [0.29, 0.717) is 11.7 Å². The van der Waals surface area contributed by atoms with Crippen LogP contribution < -0.4 is 0 Å². The van der Waals surface area contributed by atoms with Gasteiger partial charge in [0.05, 0.1) is 13.5 Å². The average Bonchev–Trinajstić information content (AvgIpc) is 2.88. The molecule has 76 valence electrons. The van der Waals surface area contributed by atoms with E-state index < -0.39 is 0 Å². The van der Waals surface area contributed by atoms with Crippen LogP contribution in [0.5, 0.6) is 0 Å². The van der Waals surface area contributed by atoms with Crippen molar-refractivity contribution in [3.63, 3.8) is 0 Å². The normalized spacial score (nSPS) is 18.3. The largest absolute Gasteiger partial charge is 0.469 e. The molecule has 1 saturated carbocycles. The van der Waals surface area contributed by atoms with Crippen LogP contribution in [0.4, 0.5) is 0 Å². The Labute approximate surface area is 84.4 Å². The second-order valence-electron chi connectivity index (χ2n) is 3.69. The van der Waals surface area contributed by atoms with Gasteiger partial charge in [0.25, 0.3) is 0 Å². The second kappa shape index (κ2) is 5.53. The van der Waals surface area contributed by atoms with Crippen LogP contribution in [0, 0.1) is 5.92 Å². The Kier molecular flexibility index (Phi) is 4.64. The third kappa shape index (κ3) is 5.19. The van der Waals surface area contributed by atoms with Gasteiger partial charge in [-0.15, -0.1) is 0 Å². The Bertz CT molecular complexity index is 166. The van der Waals surface area contributed by atoms with Gasteiger partial charge in [-0.3, -0.25) is 4.79 Å². The number of carbonyl (C=O) groups is 1. The summed E-state index contributed by atoms with van der Waals surface area (Å²) in [6.07, 6.45) is 4.72. The summed E-state index contributed by atoms with van der Waals surface area (Å²) in [6, 6.07) is 0. The molecule has 1 aliphatic carbocycles. The van der Waals surface area contributed by atoms with Gasteiger partial charge in [0.2, 0.25) is 0 Å². The van der Waals surface area contributed by atoms with Crippen molar-refractivity contribution in [1.29, 1.82) is 0 Å². The summed E-state index contributed by atoms with van der Waals surface area (Å²) in [6.45, 7) is 2.09. The molecule has 0 spiro atoms. The predicted octanol–water partition coefficient (Wildman–Crippen LogP) is 2.47. The topological polar surface area (TPSA) is 26.3 Å². The number of rotatable bonds is 6. The molecule has 0 aromatic rings. The highest BCUT2D eigenvalue weighted by Crippen LogP contribution is 2.34. The molecule has 1 fully saturated rings. The highest BCUT2D eigenvalue weighted by molar-refractivity contribution is 7.99. The molecule has 1 aliphatic rings.